The number of halogens is 1. The number of guanidine groups is 1. The molecule has 2 N–H and O–H groups in total. The van der Waals surface area contributed by atoms with Gasteiger partial charge in [0.1, 0.15) is 17.4 Å². The molecule has 1 heterocycles. The Morgan fingerprint density at radius 2 is 2.04 bits per heavy atom. The first-order valence-corrected chi connectivity index (χ1v) is 9.61. The van der Waals surface area contributed by atoms with Crippen molar-refractivity contribution >= 4 is 23.2 Å². The summed E-state index contributed by atoms with van der Waals surface area (Å²) in [6.45, 7) is 4.87. The van der Waals surface area contributed by atoms with Crippen molar-refractivity contribution in [1.29, 1.82) is 0 Å². The van der Waals surface area contributed by atoms with Gasteiger partial charge in [0.05, 0.1) is 13.2 Å². The zero-order valence-electron chi connectivity index (χ0n) is 16.3. The Bertz CT molecular complexity index is 743. The lowest BCUT2D eigenvalue weighted by Gasteiger charge is -2.13. The number of hydrogen-bond acceptors (Lipinski definition) is 5. The maximum atomic E-state index is 6.02. The number of aromatic nitrogens is 1. The van der Waals surface area contributed by atoms with Crippen molar-refractivity contribution in [2.45, 2.75) is 13.3 Å². The van der Waals surface area contributed by atoms with Crippen LogP contribution in [0.15, 0.2) is 47.6 Å². The molecule has 0 aliphatic carbocycles. The Kier molecular flexibility index (Phi) is 9.96. The predicted molar refractivity (Wildman–Crippen MR) is 113 cm³/mol. The molecule has 0 saturated carbocycles. The summed E-state index contributed by atoms with van der Waals surface area (Å²) in [5.74, 6) is 1.87. The molecule has 0 fully saturated rings. The van der Waals surface area contributed by atoms with Crippen LogP contribution < -0.4 is 20.1 Å². The van der Waals surface area contributed by atoms with Crippen LogP contribution in [0.25, 0.3) is 0 Å². The highest BCUT2D eigenvalue weighted by Gasteiger charge is 2.03. The number of pyridine rings is 1. The molecular weight excluding hydrogens is 380 g/mol. The molecule has 0 bridgehead atoms. The number of aliphatic imine (C=N–C) groups is 1. The summed E-state index contributed by atoms with van der Waals surface area (Å²) in [5.41, 5.74) is 0.887. The summed E-state index contributed by atoms with van der Waals surface area (Å²) < 4.78 is 16.3. The number of nitrogens with one attached hydrogen (secondary N) is 2. The topological polar surface area (TPSA) is 77.0 Å². The SMILES string of the molecule is CCNC(=NCCOc1ncccc1Cl)Nc1cccc(OCCCOC)c1. The molecular formula is C20H27ClN4O3. The molecule has 28 heavy (non-hydrogen) atoms. The van der Waals surface area contributed by atoms with Gasteiger partial charge in [-0.05, 0) is 31.2 Å². The molecule has 2 aromatic rings. The minimum atomic E-state index is 0.371. The molecule has 0 atom stereocenters. The monoisotopic (exact) mass is 406 g/mol. The molecule has 0 saturated heterocycles. The van der Waals surface area contributed by atoms with E-state index in [4.69, 9.17) is 25.8 Å². The molecule has 7 nitrogen and oxygen atoms in total. The van der Waals surface area contributed by atoms with Crippen LogP contribution in [-0.2, 0) is 4.74 Å². The quantitative estimate of drug-likeness (QED) is 0.337. The molecule has 0 radical (unpaired) electrons. The number of benzene rings is 1. The predicted octanol–water partition coefficient (Wildman–Crippen LogP) is 3.61. The maximum Gasteiger partial charge on any atom is 0.232 e. The van der Waals surface area contributed by atoms with E-state index in [-0.39, 0.29) is 0 Å². The third kappa shape index (κ3) is 8.02. The van der Waals surface area contributed by atoms with Gasteiger partial charge in [-0.1, -0.05) is 17.7 Å². The fourth-order valence-corrected chi connectivity index (χ4v) is 2.45. The van der Waals surface area contributed by atoms with Crippen molar-refractivity contribution in [2.75, 3.05) is 45.3 Å². The van der Waals surface area contributed by atoms with Gasteiger partial charge in [0.25, 0.3) is 0 Å². The Balaban J connectivity index is 1.87. The van der Waals surface area contributed by atoms with E-state index >= 15 is 0 Å². The van der Waals surface area contributed by atoms with Crippen LogP contribution in [0.3, 0.4) is 0 Å². The second-order valence-corrected chi connectivity index (χ2v) is 6.15. The van der Waals surface area contributed by atoms with E-state index in [1.807, 2.05) is 31.2 Å². The van der Waals surface area contributed by atoms with Gasteiger partial charge in [0, 0.05) is 44.6 Å². The van der Waals surface area contributed by atoms with E-state index in [1.54, 1.807) is 25.4 Å². The smallest absolute Gasteiger partial charge is 0.232 e. The summed E-state index contributed by atoms with van der Waals surface area (Å²) in [4.78, 5) is 8.60. The van der Waals surface area contributed by atoms with E-state index in [0.29, 0.717) is 43.2 Å². The van der Waals surface area contributed by atoms with Crippen molar-refractivity contribution in [1.82, 2.24) is 10.3 Å². The third-order valence-corrected chi connectivity index (χ3v) is 3.81. The molecule has 8 heteroatoms. The largest absolute Gasteiger partial charge is 0.493 e. The van der Waals surface area contributed by atoms with Crippen molar-refractivity contribution in [3.8, 4) is 11.6 Å². The molecule has 0 aliphatic heterocycles. The Hall–Kier alpha value is -2.51. The average Bonchev–Trinajstić information content (AvgIpc) is 2.70. The molecule has 0 aliphatic rings. The first-order valence-electron chi connectivity index (χ1n) is 9.23. The number of methoxy groups -OCH3 is 1. The first kappa shape index (κ1) is 21.8. The van der Waals surface area contributed by atoms with Crippen molar-refractivity contribution in [2.24, 2.45) is 4.99 Å². The fraction of sp³-hybridized carbons (Fsp3) is 0.400. The Morgan fingerprint density at radius 1 is 1.14 bits per heavy atom. The average molecular weight is 407 g/mol. The summed E-state index contributed by atoms with van der Waals surface area (Å²) in [7, 11) is 1.68. The van der Waals surface area contributed by atoms with Crippen LogP contribution in [0.4, 0.5) is 5.69 Å². The third-order valence-electron chi connectivity index (χ3n) is 3.53. The summed E-state index contributed by atoms with van der Waals surface area (Å²) >= 11 is 6.02. The lowest BCUT2D eigenvalue weighted by atomic mass is 10.3. The highest BCUT2D eigenvalue weighted by atomic mass is 35.5. The number of anilines is 1. The van der Waals surface area contributed by atoms with Crippen molar-refractivity contribution < 1.29 is 14.2 Å². The van der Waals surface area contributed by atoms with E-state index in [0.717, 1.165) is 24.4 Å². The van der Waals surface area contributed by atoms with Crippen LogP contribution in [0.5, 0.6) is 11.6 Å². The summed E-state index contributed by atoms with van der Waals surface area (Å²) in [6.07, 6.45) is 2.49. The lowest BCUT2D eigenvalue weighted by Crippen LogP contribution is -2.31. The number of nitrogens with zero attached hydrogens (tertiary/aromatic N) is 2. The summed E-state index contributed by atoms with van der Waals surface area (Å²) in [6, 6.07) is 11.2. The minimum absolute atomic E-state index is 0.371. The molecule has 1 aromatic carbocycles. The molecule has 0 unspecified atom stereocenters. The van der Waals surface area contributed by atoms with Crippen LogP contribution in [0.1, 0.15) is 13.3 Å². The van der Waals surface area contributed by atoms with E-state index in [9.17, 15) is 0 Å². The lowest BCUT2D eigenvalue weighted by molar-refractivity contribution is 0.172. The Morgan fingerprint density at radius 3 is 2.82 bits per heavy atom. The standard InChI is InChI=1S/C20H27ClN4O3/c1-3-22-20(24-11-14-28-19-18(21)9-5-10-23-19)25-16-7-4-8-17(15-16)27-13-6-12-26-2/h4-5,7-10,15H,3,6,11-14H2,1-2H3,(H2,22,24,25). The molecule has 2 rings (SSSR count). The number of hydrogen-bond donors (Lipinski definition) is 2. The number of ether oxygens (including phenoxy) is 3. The van der Waals surface area contributed by atoms with Gasteiger partial charge in [0.15, 0.2) is 5.96 Å². The molecule has 0 amide bonds. The second-order valence-electron chi connectivity index (χ2n) is 5.75. The van der Waals surface area contributed by atoms with Crippen LogP contribution in [0.2, 0.25) is 5.02 Å². The van der Waals surface area contributed by atoms with Crippen molar-refractivity contribution in [3.63, 3.8) is 0 Å². The normalized spacial score (nSPS) is 11.2. The van der Waals surface area contributed by atoms with Gasteiger partial charge >= 0.3 is 0 Å². The fourth-order valence-electron chi connectivity index (χ4n) is 2.28. The van der Waals surface area contributed by atoms with Crippen LogP contribution >= 0.6 is 11.6 Å². The van der Waals surface area contributed by atoms with E-state index in [2.05, 4.69) is 20.6 Å². The van der Waals surface area contributed by atoms with Gasteiger partial charge in [-0.2, -0.15) is 0 Å². The number of rotatable bonds is 11. The van der Waals surface area contributed by atoms with E-state index < -0.39 is 0 Å². The van der Waals surface area contributed by atoms with E-state index in [1.165, 1.54) is 0 Å². The van der Waals surface area contributed by atoms with Gasteiger partial charge in [0.2, 0.25) is 5.88 Å². The highest BCUT2D eigenvalue weighted by Crippen LogP contribution is 2.20. The summed E-state index contributed by atoms with van der Waals surface area (Å²) in [5, 5.41) is 6.96. The molecule has 0 spiro atoms. The zero-order chi connectivity index (χ0) is 20.0. The Labute approximate surface area is 171 Å². The van der Waals surface area contributed by atoms with Gasteiger partial charge in [-0.3, -0.25) is 0 Å². The zero-order valence-corrected chi connectivity index (χ0v) is 17.0. The second kappa shape index (κ2) is 12.8. The first-order chi connectivity index (χ1) is 13.7. The van der Waals surface area contributed by atoms with Crippen LogP contribution in [0, 0.1) is 0 Å². The van der Waals surface area contributed by atoms with Gasteiger partial charge in [-0.25, -0.2) is 9.98 Å². The molecule has 1 aromatic heterocycles. The van der Waals surface area contributed by atoms with Gasteiger partial charge < -0.3 is 24.8 Å². The van der Waals surface area contributed by atoms with Crippen LogP contribution in [-0.4, -0.2) is 51.0 Å². The maximum absolute atomic E-state index is 6.02. The van der Waals surface area contributed by atoms with Crippen molar-refractivity contribution in [3.05, 3.63) is 47.6 Å². The highest BCUT2D eigenvalue weighted by molar-refractivity contribution is 6.31. The molecule has 152 valence electrons. The minimum Gasteiger partial charge on any atom is -0.493 e. The van der Waals surface area contributed by atoms with Gasteiger partial charge in [-0.15, -0.1) is 0 Å².